The van der Waals surface area contributed by atoms with E-state index in [4.69, 9.17) is 5.11 Å². The summed E-state index contributed by atoms with van der Waals surface area (Å²) in [4.78, 5) is 10.1. The zero-order valence-corrected chi connectivity index (χ0v) is 7.78. The van der Waals surface area contributed by atoms with E-state index in [1.807, 2.05) is 0 Å². The molecule has 0 spiro atoms. The van der Waals surface area contributed by atoms with Gasteiger partial charge in [0.25, 0.3) is 5.69 Å². The summed E-state index contributed by atoms with van der Waals surface area (Å²) in [5.74, 6) is 0. The van der Waals surface area contributed by atoms with E-state index in [-0.39, 0.29) is 12.3 Å². The van der Waals surface area contributed by atoms with Gasteiger partial charge in [-0.1, -0.05) is 0 Å². The number of hydrogen-bond donors (Lipinski definition) is 2. The van der Waals surface area contributed by atoms with Crippen LogP contribution >= 0.6 is 0 Å². The highest BCUT2D eigenvalue weighted by molar-refractivity contribution is 5.58. The fourth-order valence-corrected chi connectivity index (χ4v) is 1.13. The molecular formula is C9H11N2O3. The highest BCUT2D eigenvalue weighted by atomic mass is 16.6. The Hall–Kier alpha value is -1.62. The van der Waals surface area contributed by atoms with E-state index in [1.165, 1.54) is 12.1 Å². The molecule has 0 atom stereocenters. The van der Waals surface area contributed by atoms with Crippen LogP contribution in [0.25, 0.3) is 0 Å². The molecule has 5 nitrogen and oxygen atoms in total. The number of benzene rings is 1. The molecule has 0 amide bonds. The second kappa shape index (κ2) is 4.57. The molecule has 5 heteroatoms. The largest absolute Gasteiger partial charge is 0.395 e. The first-order valence-corrected chi connectivity index (χ1v) is 4.17. The zero-order chi connectivity index (χ0) is 10.6. The molecule has 0 aliphatic heterocycles. The third-order valence-corrected chi connectivity index (χ3v) is 1.84. The molecule has 0 aliphatic carbocycles. The van der Waals surface area contributed by atoms with Gasteiger partial charge < -0.3 is 10.4 Å². The lowest BCUT2D eigenvalue weighted by molar-refractivity contribution is -0.385. The maximum atomic E-state index is 10.6. The molecule has 1 aromatic carbocycles. The maximum absolute atomic E-state index is 10.6. The van der Waals surface area contributed by atoms with Crippen LogP contribution in [-0.4, -0.2) is 23.2 Å². The van der Waals surface area contributed by atoms with Gasteiger partial charge in [-0.2, -0.15) is 0 Å². The van der Waals surface area contributed by atoms with Crippen molar-refractivity contribution < 1.29 is 10.0 Å². The van der Waals surface area contributed by atoms with Gasteiger partial charge in [0.1, 0.15) is 0 Å². The lowest BCUT2D eigenvalue weighted by Gasteiger charge is -2.07. The SMILES string of the molecule is Cc1c(NCCO)[c]ccc1[N+](=O)[O-]. The lowest BCUT2D eigenvalue weighted by atomic mass is 10.1. The lowest BCUT2D eigenvalue weighted by Crippen LogP contribution is -2.07. The van der Waals surface area contributed by atoms with Crippen LogP contribution in [0.15, 0.2) is 12.1 Å². The fraction of sp³-hybridized carbons (Fsp3) is 0.333. The molecule has 0 heterocycles. The number of nitrogens with zero attached hydrogens (tertiary/aromatic N) is 1. The van der Waals surface area contributed by atoms with E-state index in [1.54, 1.807) is 6.92 Å². The molecule has 75 valence electrons. The minimum Gasteiger partial charge on any atom is -0.395 e. The number of nitro benzene ring substituents is 1. The van der Waals surface area contributed by atoms with E-state index in [2.05, 4.69) is 11.4 Å². The van der Waals surface area contributed by atoms with E-state index >= 15 is 0 Å². The highest BCUT2D eigenvalue weighted by Gasteiger charge is 2.12. The molecule has 0 saturated carbocycles. The topological polar surface area (TPSA) is 75.4 Å². The van der Waals surface area contributed by atoms with Gasteiger partial charge in [-0.25, -0.2) is 0 Å². The Morgan fingerprint density at radius 1 is 1.71 bits per heavy atom. The summed E-state index contributed by atoms with van der Waals surface area (Å²) in [6, 6.07) is 5.73. The summed E-state index contributed by atoms with van der Waals surface area (Å²) in [6.07, 6.45) is 0. The number of aliphatic hydroxyl groups excluding tert-OH is 1. The van der Waals surface area contributed by atoms with Gasteiger partial charge in [-0.3, -0.25) is 10.1 Å². The van der Waals surface area contributed by atoms with Crippen LogP contribution in [0.2, 0.25) is 0 Å². The molecule has 1 rings (SSSR count). The Bertz CT molecular complexity index is 339. The van der Waals surface area contributed by atoms with E-state index in [0.717, 1.165) is 0 Å². The quantitative estimate of drug-likeness (QED) is 0.557. The average Bonchev–Trinajstić information content (AvgIpc) is 2.16. The number of anilines is 1. The normalized spacial score (nSPS) is 9.86. The van der Waals surface area contributed by atoms with E-state index in [0.29, 0.717) is 17.8 Å². The van der Waals surface area contributed by atoms with Crippen molar-refractivity contribution in [3.05, 3.63) is 33.9 Å². The van der Waals surface area contributed by atoms with Crippen molar-refractivity contribution in [1.29, 1.82) is 0 Å². The van der Waals surface area contributed by atoms with Gasteiger partial charge in [-0.15, -0.1) is 0 Å². The number of nitro groups is 1. The van der Waals surface area contributed by atoms with Gasteiger partial charge in [0, 0.05) is 18.7 Å². The first kappa shape index (κ1) is 10.5. The second-order valence-corrected chi connectivity index (χ2v) is 2.77. The van der Waals surface area contributed by atoms with E-state index in [9.17, 15) is 10.1 Å². The Kier molecular flexibility index (Phi) is 3.41. The van der Waals surface area contributed by atoms with Gasteiger partial charge >= 0.3 is 0 Å². The van der Waals surface area contributed by atoms with Crippen molar-refractivity contribution in [3.8, 4) is 0 Å². The molecule has 0 bridgehead atoms. The van der Waals surface area contributed by atoms with Gasteiger partial charge in [0.05, 0.1) is 22.8 Å². The Balaban J connectivity index is 2.95. The number of rotatable bonds is 4. The van der Waals surface area contributed by atoms with Crippen molar-refractivity contribution in [1.82, 2.24) is 0 Å². The van der Waals surface area contributed by atoms with Crippen LogP contribution in [0.3, 0.4) is 0 Å². The number of hydrogen-bond acceptors (Lipinski definition) is 4. The predicted molar refractivity (Wildman–Crippen MR) is 52.2 cm³/mol. The summed E-state index contributed by atoms with van der Waals surface area (Å²) in [5, 5.41) is 22.0. The first-order chi connectivity index (χ1) is 6.66. The summed E-state index contributed by atoms with van der Waals surface area (Å²) >= 11 is 0. The van der Waals surface area contributed by atoms with E-state index < -0.39 is 4.92 Å². The molecule has 1 radical (unpaired) electrons. The molecular weight excluding hydrogens is 184 g/mol. The minimum atomic E-state index is -0.437. The van der Waals surface area contributed by atoms with Crippen LogP contribution < -0.4 is 5.32 Å². The maximum Gasteiger partial charge on any atom is 0.274 e. The Labute approximate surface area is 81.5 Å². The molecule has 0 saturated heterocycles. The molecule has 0 unspecified atom stereocenters. The van der Waals surface area contributed by atoms with Crippen molar-refractivity contribution in [2.24, 2.45) is 0 Å². The second-order valence-electron chi connectivity index (χ2n) is 2.77. The fourth-order valence-electron chi connectivity index (χ4n) is 1.13. The average molecular weight is 195 g/mol. The predicted octanol–water partition coefficient (Wildman–Crippen LogP) is 1.11. The van der Waals surface area contributed by atoms with Crippen molar-refractivity contribution >= 4 is 11.4 Å². The van der Waals surface area contributed by atoms with Crippen molar-refractivity contribution in [2.75, 3.05) is 18.5 Å². The minimum absolute atomic E-state index is 0.0179. The molecule has 0 aromatic heterocycles. The van der Waals surface area contributed by atoms with Gasteiger partial charge in [0.15, 0.2) is 0 Å². The number of aliphatic hydroxyl groups is 1. The summed E-state index contributed by atoms with van der Waals surface area (Å²) in [7, 11) is 0. The van der Waals surface area contributed by atoms with Crippen molar-refractivity contribution in [3.63, 3.8) is 0 Å². The van der Waals surface area contributed by atoms with Crippen LogP contribution in [0.4, 0.5) is 11.4 Å². The van der Waals surface area contributed by atoms with Crippen LogP contribution in [0.1, 0.15) is 5.56 Å². The molecule has 0 fully saturated rings. The Morgan fingerprint density at radius 3 is 3.00 bits per heavy atom. The first-order valence-electron chi connectivity index (χ1n) is 4.17. The summed E-state index contributed by atoms with van der Waals surface area (Å²) < 4.78 is 0. The molecule has 14 heavy (non-hydrogen) atoms. The van der Waals surface area contributed by atoms with Crippen molar-refractivity contribution in [2.45, 2.75) is 6.92 Å². The highest BCUT2D eigenvalue weighted by Crippen LogP contribution is 2.24. The Morgan fingerprint density at radius 2 is 2.43 bits per heavy atom. The standard InChI is InChI=1S/C9H11N2O3/c1-7-8(10-5-6-12)3-2-4-9(7)11(13)14/h2,4,10,12H,5-6H2,1H3. The smallest absolute Gasteiger partial charge is 0.274 e. The monoisotopic (exact) mass is 195 g/mol. The van der Waals surface area contributed by atoms with Gasteiger partial charge in [-0.05, 0) is 13.0 Å². The third kappa shape index (κ3) is 2.20. The number of nitrogens with one attached hydrogen (secondary N) is 1. The van der Waals surface area contributed by atoms with Crippen LogP contribution in [0, 0.1) is 23.1 Å². The third-order valence-electron chi connectivity index (χ3n) is 1.84. The molecule has 0 aliphatic rings. The summed E-state index contributed by atoms with van der Waals surface area (Å²) in [6.45, 7) is 1.99. The van der Waals surface area contributed by atoms with Crippen LogP contribution in [-0.2, 0) is 0 Å². The van der Waals surface area contributed by atoms with Gasteiger partial charge in [0.2, 0.25) is 0 Å². The molecule has 2 N–H and O–H groups in total. The zero-order valence-electron chi connectivity index (χ0n) is 7.78. The van der Waals surface area contributed by atoms with Crippen LogP contribution in [0.5, 0.6) is 0 Å². The summed E-state index contributed by atoms with van der Waals surface area (Å²) in [5.41, 5.74) is 1.16. The molecule has 1 aromatic rings.